The Labute approximate surface area is 145 Å². The van der Waals surface area contributed by atoms with Gasteiger partial charge in [-0.25, -0.2) is 0 Å². The van der Waals surface area contributed by atoms with Gasteiger partial charge in [0.2, 0.25) is 0 Å². The summed E-state index contributed by atoms with van der Waals surface area (Å²) >= 11 is 0. The predicted molar refractivity (Wildman–Crippen MR) is 100 cm³/mol. The summed E-state index contributed by atoms with van der Waals surface area (Å²) in [6.45, 7) is 7.69. The molecular weight excluding hydrogens is 298 g/mol. The van der Waals surface area contributed by atoms with Crippen molar-refractivity contribution in [2.45, 2.75) is 39.5 Å². The first-order chi connectivity index (χ1) is 11.6. The van der Waals surface area contributed by atoms with Gasteiger partial charge in [-0.2, -0.15) is 0 Å². The third-order valence-electron chi connectivity index (χ3n) is 4.45. The van der Waals surface area contributed by atoms with Crippen molar-refractivity contribution >= 4 is 0 Å². The SMILES string of the molecule is CCCOc1ccc(CC(CN)c2cc(C)c(C)cc2OC)cc1. The molecule has 2 N–H and O–H groups in total. The van der Waals surface area contributed by atoms with Gasteiger partial charge >= 0.3 is 0 Å². The number of aryl methyl sites for hydroxylation is 2. The lowest BCUT2D eigenvalue weighted by Crippen LogP contribution is -2.16. The van der Waals surface area contributed by atoms with Crippen LogP contribution in [0.5, 0.6) is 11.5 Å². The molecule has 0 spiro atoms. The predicted octanol–water partition coefficient (Wildman–Crippen LogP) is 4.39. The van der Waals surface area contributed by atoms with Gasteiger partial charge in [0.15, 0.2) is 0 Å². The highest BCUT2D eigenvalue weighted by atomic mass is 16.5. The van der Waals surface area contributed by atoms with Gasteiger partial charge in [-0.15, -0.1) is 0 Å². The van der Waals surface area contributed by atoms with E-state index in [9.17, 15) is 0 Å². The maximum absolute atomic E-state index is 6.08. The first-order valence-corrected chi connectivity index (χ1v) is 8.66. The van der Waals surface area contributed by atoms with Crippen LogP contribution in [0.1, 0.15) is 41.5 Å². The van der Waals surface area contributed by atoms with E-state index in [1.54, 1.807) is 7.11 Å². The van der Waals surface area contributed by atoms with Crippen molar-refractivity contribution in [1.82, 2.24) is 0 Å². The van der Waals surface area contributed by atoms with E-state index in [0.717, 1.165) is 30.9 Å². The lowest BCUT2D eigenvalue weighted by Gasteiger charge is -2.20. The van der Waals surface area contributed by atoms with E-state index in [1.165, 1.54) is 22.3 Å². The number of hydrogen-bond acceptors (Lipinski definition) is 3. The number of rotatable bonds is 8. The van der Waals surface area contributed by atoms with Crippen molar-refractivity contribution in [2.75, 3.05) is 20.3 Å². The smallest absolute Gasteiger partial charge is 0.122 e. The molecule has 130 valence electrons. The van der Waals surface area contributed by atoms with E-state index in [4.69, 9.17) is 15.2 Å². The molecule has 3 nitrogen and oxygen atoms in total. The van der Waals surface area contributed by atoms with E-state index >= 15 is 0 Å². The molecule has 0 fully saturated rings. The van der Waals surface area contributed by atoms with Gasteiger partial charge < -0.3 is 15.2 Å². The maximum Gasteiger partial charge on any atom is 0.122 e. The fourth-order valence-electron chi connectivity index (χ4n) is 2.85. The topological polar surface area (TPSA) is 44.5 Å². The summed E-state index contributed by atoms with van der Waals surface area (Å²) in [5, 5.41) is 0. The molecular formula is C21H29NO2. The Morgan fingerprint density at radius 3 is 2.29 bits per heavy atom. The summed E-state index contributed by atoms with van der Waals surface area (Å²) in [7, 11) is 1.72. The average Bonchev–Trinajstić information content (AvgIpc) is 2.61. The van der Waals surface area contributed by atoms with Crippen molar-refractivity contribution in [3.8, 4) is 11.5 Å². The van der Waals surface area contributed by atoms with Crippen LogP contribution in [0.25, 0.3) is 0 Å². The fraction of sp³-hybridized carbons (Fsp3) is 0.429. The largest absolute Gasteiger partial charge is 0.496 e. The third kappa shape index (κ3) is 4.51. The summed E-state index contributed by atoms with van der Waals surface area (Å²) in [4.78, 5) is 0. The van der Waals surface area contributed by atoms with Gasteiger partial charge in [0.25, 0.3) is 0 Å². The van der Waals surface area contributed by atoms with Crippen LogP contribution < -0.4 is 15.2 Å². The van der Waals surface area contributed by atoms with Crippen LogP contribution >= 0.6 is 0 Å². The molecule has 0 radical (unpaired) electrons. The second kappa shape index (κ2) is 8.74. The molecule has 0 saturated carbocycles. The summed E-state index contributed by atoms with van der Waals surface area (Å²) in [6, 6.07) is 12.6. The van der Waals surface area contributed by atoms with Crippen LogP contribution in [-0.2, 0) is 6.42 Å². The molecule has 0 bridgehead atoms. The van der Waals surface area contributed by atoms with Crippen LogP contribution in [0.15, 0.2) is 36.4 Å². The van der Waals surface area contributed by atoms with Crippen molar-refractivity contribution in [3.05, 3.63) is 58.7 Å². The van der Waals surface area contributed by atoms with Gasteiger partial charge in [0.1, 0.15) is 11.5 Å². The minimum absolute atomic E-state index is 0.238. The highest BCUT2D eigenvalue weighted by molar-refractivity contribution is 5.44. The molecule has 0 aromatic heterocycles. The van der Waals surface area contributed by atoms with Gasteiger partial charge in [-0.1, -0.05) is 25.1 Å². The molecule has 2 aromatic carbocycles. The summed E-state index contributed by atoms with van der Waals surface area (Å²) in [5.74, 6) is 2.09. The van der Waals surface area contributed by atoms with Gasteiger partial charge in [-0.05, 0) is 73.7 Å². The molecule has 0 amide bonds. The lowest BCUT2D eigenvalue weighted by molar-refractivity contribution is 0.317. The Bertz CT molecular complexity index is 650. The van der Waals surface area contributed by atoms with Crippen molar-refractivity contribution in [2.24, 2.45) is 5.73 Å². The van der Waals surface area contributed by atoms with E-state index in [2.05, 4.69) is 45.0 Å². The molecule has 0 aliphatic rings. The van der Waals surface area contributed by atoms with Crippen LogP contribution in [0.2, 0.25) is 0 Å². The minimum atomic E-state index is 0.238. The molecule has 0 saturated heterocycles. The second-order valence-electron chi connectivity index (χ2n) is 6.31. The molecule has 0 aliphatic heterocycles. The summed E-state index contributed by atoms with van der Waals surface area (Å²) < 4.78 is 11.2. The third-order valence-corrected chi connectivity index (χ3v) is 4.45. The summed E-state index contributed by atoms with van der Waals surface area (Å²) in [5.41, 5.74) is 11.0. The first kappa shape index (κ1) is 18.3. The zero-order valence-electron chi connectivity index (χ0n) is 15.3. The molecule has 1 unspecified atom stereocenters. The Balaban J connectivity index is 2.19. The molecule has 2 aromatic rings. The van der Waals surface area contributed by atoms with Crippen LogP contribution in [0, 0.1) is 13.8 Å². The van der Waals surface area contributed by atoms with E-state index in [1.807, 2.05) is 12.1 Å². The molecule has 2 rings (SSSR count). The number of methoxy groups -OCH3 is 1. The normalized spacial score (nSPS) is 12.0. The highest BCUT2D eigenvalue weighted by Gasteiger charge is 2.17. The van der Waals surface area contributed by atoms with Gasteiger partial charge in [0, 0.05) is 5.92 Å². The van der Waals surface area contributed by atoms with E-state index < -0.39 is 0 Å². The monoisotopic (exact) mass is 327 g/mol. The number of ether oxygens (including phenoxy) is 2. The quantitative estimate of drug-likeness (QED) is 0.782. The highest BCUT2D eigenvalue weighted by Crippen LogP contribution is 2.31. The summed E-state index contributed by atoms with van der Waals surface area (Å²) in [6.07, 6.45) is 1.91. The Kier molecular flexibility index (Phi) is 6.68. The Hall–Kier alpha value is -2.00. The van der Waals surface area contributed by atoms with Crippen molar-refractivity contribution in [1.29, 1.82) is 0 Å². The average molecular weight is 327 g/mol. The number of hydrogen-bond donors (Lipinski definition) is 1. The Morgan fingerprint density at radius 2 is 1.71 bits per heavy atom. The zero-order chi connectivity index (χ0) is 17.5. The molecule has 0 aliphatic carbocycles. The van der Waals surface area contributed by atoms with Crippen LogP contribution in [0.3, 0.4) is 0 Å². The fourth-order valence-corrected chi connectivity index (χ4v) is 2.85. The van der Waals surface area contributed by atoms with Crippen molar-refractivity contribution in [3.63, 3.8) is 0 Å². The molecule has 1 atom stereocenters. The lowest BCUT2D eigenvalue weighted by atomic mass is 9.89. The van der Waals surface area contributed by atoms with Crippen LogP contribution in [0.4, 0.5) is 0 Å². The molecule has 24 heavy (non-hydrogen) atoms. The van der Waals surface area contributed by atoms with Crippen LogP contribution in [-0.4, -0.2) is 20.3 Å². The van der Waals surface area contributed by atoms with Gasteiger partial charge in [-0.3, -0.25) is 0 Å². The number of nitrogens with two attached hydrogens (primary N) is 1. The van der Waals surface area contributed by atoms with Crippen molar-refractivity contribution < 1.29 is 9.47 Å². The zero-order valence-corrected chi connectivity index (χ0v) is 15.3. The minimum Gasteiger partial charge on any atom is -0.496 e. The first-order valence-electron chi connectivity index (χ1n) is 8.66. The standard InChI is InChI=1S/C21H29NO2/c1-5-10-24-19-8-6-17(7-9-19)13-18(14-22)20-11-15(2)16(3)12-21(20)23-4/h6-9,11-12,18H,5,10,13-14,22H2,1-4H3. The van der Waals surface area contributed by atoms with E-state index in [-0.39, 0.29) is 5.92 Å². The van der Waals surface area contributed by atoms with E-state index in [0.29, 0.717) is 6.54 Å². The molecule has 0 heterocycles. The van der Waals surface area contributed by atoms with Gasteiger partial charge in [0.05, 0.1) is 13.7 Å². The number of benzene rings is 2. The maximum atomic E-state index is 6.08. The molecule has 3 heteroatoms. The Morgan fingerprint density at radius 1 is 1.04 bits per heavy atom. The second-order valence-corrected chi connectivity index (χ2v) is 6.31.